The maximum atomic E-state index is 3.48. The summed E-state index contributed by atoms with van der Waals surface area (Å²) in [4.78, 5) is 0. The molecule has 0 fully saturated rings. The Morgan fingerprint density at radius 1 is 0.778 bits per heavy atom. The van der Waals surface area contributed by atoms with Gasteiger partial charge >= 0.3 is 0 Å². The van der Waals surface area contributed by atoms with Gasteiger partial charge in [-0.2, -0.15) is 0 Å². The molecule has 0 saturated heterocycles. The number of hydrogen-bond acceptors (Lipinski definition) is 0. The molecule has 0 nitrogen and oxygen atoms in total. The minimum Gasteiger partial charge on any atom is -0.0928 e. The van der Waals surface area contributed by atoms with Crippen LogP contribution in [0.25, 0.3) is 0 Å². The highest BCUT2D eigenvalue weighted by Gasteiger charge is 1.98. The Balaban J connectivity index is 1.94. The molecule has 0 aliphatic heterocycles. The first kappa shape index (κ1) is 16.5. The highest BCUT2D eigenvalue weighted by Crippen LogP contribution is 2.16. The Morgan fingerprint density at radius 2 is 1.33 bits per heavy atom. The van der Waals surface area contributed by atoms with E-state index in [1.807, 2.05) is 0 Å². The van der Waals surface area contributed by atoms with E-state index in [0.717, 1.165) is 0 Å². The van der Waals surface area contributed by atoms with Crippen LogP contribution in [0.3, 0.4) is 0 Å². The third-order valence-corrected chi connectivity index (χ3v) is 4.90. The highest BCUT2D eigenvalue weighted by atomic mass is 127. The zero-order valence-electron chi connectivity index (χ0n) is 11.1. The fourth-order valence-electron chi connectivity index (χ4n) is 2.17. The molecular formula is C16H24BrI. The third kappa shape index (κ3) is 7.78. The number of hydrogen-bond donors (Lipinski definition) is 0. The summed E-state index contributed by atoms with van der Waals surface area (Å²) < 4.78 is 1.42. The van der Waals surface area contributed by atoms with Gasteiger partial charge in [0.05, 0.1) is 0 Å². The van der Waals surface area contributed by atoms with Crippen molar-refractivity contribution in [3.05, 3.63) is 33.4 Å². The van der Waals surface area contributed by atoms with Crippen molar-refractivity contribution in [2.45, 2.75) is 57.8 Å². The summed E-state index contributed by atoms with van der Waals surface area (Å²) in [5.41, 5.74) is 1.52. The zero-order chi connectivity index (χ0) is 13.1. The lowest BCUT2D eigenvalue weighted by molar-refractivity contribution is 0.576. The van der Waals surface area contributed by atoms with Gasteiger partial charge in [-0.15, -0.1) is 0 Å². The van der Waals surface area contributed by atoms with Crippen molar-refractivity contribution < 1.29 is 0 Å². The van der Waals surface area contributed by atoms with Gasteiger partial charge in [0.25, 0.3) is 0 Å². The van der Waals surface area contributed by atoms with Gasteiger partial charge in [0.15, 0.2) is 0 Å². The molecule has 0 spiro atoms. The van der Waals surface area contributed by atoms with Crippen molar-refractivity contribution in [3.63, 3.8) is 0 Å². The van der Waals surface area contributed by atoms with Crippen LogP contribution in [-0.4, -0.2) is 5.33 Å². The van der Waals surface area contributed by atoms with E-state index in [-0.39, 0.29) is 0 Å². The molecule has 0 bridgehead atoms. The van der Waals surface area contributed by atoms with Crippen molar-refractivity contribution >= 4 is 38.5 Å². The van der Waals surface area contributed by atoms with Gasteiger partial charge in [-0.3, -0.25) is 0 Å². The topological polar surface area (TPSA) is 0 Å². The number of rotatable bonds is 10. The van der Waals surface area contributed by atoms with Crippen LogP contribution in [0.4, 0.5) is 0 Å². The molecule has 18 heavy (non-hydrogen) atoms. The molecular weight excluding hydrogens is 399 g/mol. The van der Waals surface area contributed by atoms with E-state index in [9.17, 15) is 0 Å². The molecule has 1 rings (SSSR count). The van der Waals surface area contributed by atoms with E-state index in [2.05, 4.69) is 62.8 Å². The fourth-order valence-corrected chi connectivity index (χ4v) is 3.23. The summed E-state index contributed by atoms with van der Waals surface area (Å²) in [5.74, 6) is 0. The Bertz CT molecular complexity index is 312. The van der Waals surface area contributed by atoms with E-state index >= 15 is 0 Å². The predicted molar refractivity (Wildman–Crippen MR) is 93.6 cm³/mol. The van der Waals surface area contributed by atoms with Gasteiger partial charge < -0.3 is 0 Å². The van der Waals surface area contributed by atoms with Gasteiger partial charge in [-0.05, 0) is 53.5 Å². The average Bonchev–Trinajstić information content (AvgIpc) is 2.39. The largest absolute Gasteiger partial charge is 0.0928 e. The number of halogens is 2. The number of alkyl halides is 1. The second kappa shape index (κ2) is 11.3. The molecule has 0 atom stereocenters. The van der Waals surface area contributed by atoms with Gasteiger partial charge in [-0.1, -0.05) is 72.7 Å². The van der Waals surface area contributed by atoms with Crippen molar-refractivity contribution in [2.75, 3.05) is 5.33 Å². The maximum Gasteiger partial charge on any atom is 0.0162 e. The fraction of sp³-hybridized carbons (Fsp3) is 0.625. The zero-order valence-corrected chi connectivity index (χ0v) is 14.9. The quantitative estimate of drug-likeness (QED) is 0.234. The van der Waals surface area contributed by atoms with Crippen molar-refractivity contribution in [1.29, 1.82) is 0 Å². The number of aryl methyl sites for hydroxylation is 1. The monoisotopic (exact) mass is 422 g/mol. The van der Waals surface area contributed by atoms with Gasteiger partial charge in [0.1, 0.15) is 0 Å². The summed E-state index contributed by atoms with van der Waals surface area (Å²) in [7, 11) is 0. The van der Waals surface area contributed by atoms with Crippen LogP contribution >= 0.6 is 38.5 Å². The first-order valence-electron chi connectivity index (χ1n) is 7.14. The maximum absolute atomic E-state index is 3.48. The summed E-state index contributed by atoms with van der Waals surface area (Å²) in [5, 5.41) is 1.17. The first-order chi connectivity index (χ1) is 8.84. The van der Waals surface area contributed by atoms with Gasteiger partial charge in [0.2, 0.25) is 0 Å². The van der Waals surface area contributed by atoms with E-state index in [4.69, 9.17) is 0 Å². The van der Waals surface area contributed by atoms with Crippen molar-refractivity contribution in [3.8, 4) is 0 Å². The van der Waals surface area contributed by atoms with Crippen molar-refractivity contribution in [1.82, 2.24) is 0 Å². The molecule has 0 aromatic heterocycles. The Hall–Kier alpha value is 0.430. The molecule has 1 aromatic rings. The molecule has 0 unspecified atom stereocenters. The first-order valence-corrected chi connectivity index (χ1v) is 9.34. The third-order valence-electron chi connectivity index (χ3n) is 3.29. The van der Waals surface area contributed by atoms with Crippen LogP contribution in [-0.2, 0) is 6.42 Å². The summed E-state index contributed by atoms with van der Waals surface area (Å²) in [6.07, 6.45) is 12.4. The van der Waals surface area contributed by atoms with Crippen molar-refractivity contribution in [2.24, 2.45) is 0 Å². The van der Waals surface area contributed by atoms with Crippen LogP contribution in [0.5, 0.6) is 0 Å². The van der Waals surface area contributed by atoms with Crippen LogP contribution in [0, 0.1) is 3.57 Å². The minimum atomic E-state index is 1.17. The SMILES string of the molecule is BrCCCCCCCCCCc1ccccc1I. The highest BCUT2D eigenvalue weighted by molar-refractivity contribution is 14.1. The normalized spacial score (nSPS) is 10.8. The minimum absolute atomic E-state index is 1.17. The Morgan fingerprint density at radius 3 is 1.94 bits per heavy atom. The lowest BCUT2D eigenvalue weighted by Gasteiger charge is -2.04. The number of benzene rings is 1. The molecule has 102 valence electrons. The molecule has 0 amide bonds. The van der Waals surface area contributed by atoms with Crippen LogP contribution in [0.2, 0.25) is 0 Å². The van der Waals surface area contributed by atoms with E-state index < -0.39 is 0 Å². The smallest absolute Gasteiger partial charge is 0.0162 e. The lowest BCUT2D eigenvalue weighted by Crippen LogP contribution is -1.89. The molecule has 0 saturated carbocycles. The molecule has 0 radical (unpaired) electrons. The predicted octanol–water partition coefficient (Wildman–Crippen LogP) is 6.35. The van der Waals surface area contributed by atoms with E-state index in [1.54, 1.807) is 0 Å². The van der Waals surface area contributed by atoms with Crippen LogP contribution in [0.1, 0.15) is 56.9 Å². The van der Waals surface area contributed by atoms with Gasteiger partial charge in [-0.25, -0.2) is 0 Å². The second-order valence-electron chi connectivity index (χ2n) is 4.86. The van der Waals surface area contributed by atoms with E-state index in [0.29, 0.717) is 0 Å². The Labute approximate surface area is 134 Å². The second-order valence-corrected chi connectivity index (χ2v) is 6.81. The van der Waals surface area contributed by atoms with E-state index in [1.165, 1.54) is 72.3 Å². The summed E-state index contributed by atoms with van der Waals surface area (Å²) in [6.45, 7) is 0. The summed E-state index contributed by atoms with van der Waals surface area (Å²) in [6, 6.07) is 8.75. The standard InChI is InChI=1S/C16H24BrI/c17-14-10-6-4-2-1-3-5-7-11-15-12-8-9-13-16(15)18/h8-9,12-13H,1-7,10-11,14H2. The number of unbranched alkanes of at least 4 members (excludes halogenated alkanes) is 7. The van der Waals surface area contributed by atoms with Crippen LogP contribution < -0.4 is 0 Å². The molecule has 0 N–H and O–H groups in total. The Kier molecular flexibility index (Phi) is 10.3. The molecule has 0 heterocycles. The average molecular weight is 423 g/mol. The lowest BCUT2D eigenvalue weighted by atomic mass is 10.0. The molecule has 0 aliphatic carbocycles. The molecule has 2 heteroatoms. The van der Waals surface area contributed by atoms with Crippen LogP contribution in [0.15, 0.2) is 24.3 Å². The molecule has 0 aliphatic rings. The molecule has 1 aromatic carbocycles. The van der Waals surface area contributed by atoms with Gasteiger partial charge in [0, 0.05) is 8.90 Å². The summed E-state index contributed by atoms with van der Waals surface area (Å²) >= 11 is 5.92.